The fourth-order valence-corrected chi connectivity index (χ4v) is 2.01. The van der Waals surface area contributed by atoms with Crippen molar-refractivity contribution in [1.29, 1.82) is 0 Å². The van der Waals surface area contributed by atoms with E-state index in [1.807, 2.05) is 0 Å². The quantitative estimate of drug-likeness (QED) is 0.880. The molecule has 0 fully saturated rings. The van der Waals surface area contributed by atoms with Crippen LogP contribution in [0.25, 0.3) is 0 Å². The Morgan fingerprint density at radius 3 is 2.40 bits per heavy atom. The minimum atomic E-state index is -4.69. The second-order valence-corrected chi connectivity index (χ2v) is 4.37. The number of alkyl halides is 3. The second-order valence-electron chi connectivity index (χ2n) is 4.37. The summed E-state index contributed by atoms with van der Waals surface area (Å²) in [6.45, 7) is 0. The highest BCUT2D eigenvalue weighted by atomic mass is 19.4. The second kappa shape index (κ2) is 5.24. The van der Waals surface area contributed by atoms with Gasteiger partial charge in [0.15, 0.2) is 0 Å². The summed E-state index contributed by atoms with van der Waals surface area (Å²) >= 11 is 0. The van der Waals surface area contributed by atoms with E-state index in [0.29, 0.717) is 11.3 Å². The third-order valence-corrected chi connectivity index (χ3v) is 2.95. The van der Waals surface area contributed by atoms with Crippen LogP contribution in [-0.4, -0.2) is 16.8 Å². The summed E-state index contributed by atoms with van der Waals surface area (Å²) in [5.74, 6) is -1.29. The van der Waals surface area contributed by atoms with Crippen LogP contribution in [0.15, 0.2) is 30.5 Å². The zero-order chi connectivity index (χ0) is 14.9. The van der Waals surface area contributed by atoms with Crippen molar-refractivity contribution in [2.45, 2.75) is 12.2 Å². The van der Waals surface area contributed by atoms with Crippen LogP contribution in [0.5, 0.6) is 0 Å². The van der Waals surface area contributed by atoms with E-state index in [9.17, 15) is 17.6 Å². The van der Waals surface area contributed by atoms with Crippen LogP contribution in [0.2, 0.25) is 0 Å². The van der Waals surface area contributed by atoms with Gasteiger partial charge in [-0.15, -0.1) is 0 Å². The summed E-state index contributed by atoms with van der Waals surface area (Å²) in [5.41, 5.74) is -0.275. The van der Waals surface area contributed by atoms with Crippen LogP contribution in [0.1, 0.15) is 22.9 Å². The first-order valence-corrected chi connectivity index (χ1v) is 5.86. The van der Waals surface area contributed by atoms with Crippen molar-refractivity contribution in [3.05, 3.63) is 53.1 Å². The molecule has 0 aliphatic carbocycles. The molecule has 1 unspecified atom stereocenters. The predicted molar refractivity (Wildman–Crippen MR) is 65.5 cm³/mol. The number of aryl methyl sites for hydroxylation is 1. The van der Waals surface area contributed by atoms with Crippen molar-refractivity contribution in [1.82, 2.24) is 15.1 Å². The molecule has 0 saturated carbocycles. The molecule has 0 radical (unpaired) electrons. The Bertz CT molecular complexity index is 604. The largest absolute Gasteiger partial charge is 0.419 e. The van der Waals surface area contributed by atoms with E-state index in [2.05, 4.69) is 10.4 Å². The van der Waals surface area contributed by atoms with Crippen LogP contribution >= 0.6 is 0 Å². The lowest BCUT2D eigenvalue weighted by Crippen LogP contribution is -2.19. The van der Waals surface area contributed by atoms with Crippen molar-refractivity contribution in [3.63, 3.8) is 0 Å². The molecule has 1 aromatic heterocycles. The highest BCUT2D eigenvalue weighted by Crippen LogP contribution is 2.33. The van der Waals surface area contributed by atoms with E-state index in [1.165, 1.54) is 6.07 Å². The van der Waals surface area contributed by atoms with E-state index in [0.717, 1.165) is 12.1 Å². The van der Waals surface area contributed by atoms with E-state index in [4.69, 9.17) is 0 Å². The Balaban J connectivity index is 2.39. The van der Waals surface area contributed by atoms with Gasteiger partial charge in [0.25, 0.3) is 0 Å². The van der Waals surface area contributed by atoms with Gasteiger partial charge in [-0.1, -0.05) is 6.07 Å². The molecule has 20 heavy (non-hydrogen) atoms. The van der Waals surface area contributed by atoms with Gasteiger partial charge in [0.1, 0.15) is 5.82 Å². The van der Waals surface area contributed by atoms with Gasteiger partial charge in [0.2, 0.25) is 0 Å². The number of rotatable bonds is 3. The number of aromatic nitrogens is 2. The lowest BCUT2D eigenvalue weighted by Gasteiger charge is -2.16. The van der Waals surface area contributed by atoms with Crippen molar-refractivity contribution >= 4 is 0 Å². The number of hydrogen-bond donors (Lipinski definition) is 1. The Labute approximate surface area is 113 Å². The van der Waals surface area contributed by atoms with E-state index >= 15 is 0 Å². The summed E-state index contributed by atoms with van der Waals surface area (Å²) in [7, 11) is 3.36. The Morgan fingerprint density at radius 2 is 1.95 bits per heavy atom. The molecule has 2 rings (SSSR count). The Kier molecular flexibility index (Phi) is 3.80. The molecule has 1 atom stereocenters. The maximum atomic E-state index is 13.6. The minimum absolute atomic E-state index is 0.386. The van der Waals surface area contributed by atoms with E-state index in [1.54, 1.807) is 31.0 Å². The summed E-state index contributed by atoms with van der Waals surface area (Å²) in [6, 6.07) is 4.14. The monoisotopic (exact) mass is 287 g/mol. The number of nitrogens with one attached hydrogen (secondary N) is 1. The molecular formula is C13H13F4N3. The fraction of sp³-hybridized carbons (Fsp3) is 0.308. The lowest BCUT2D eigenvalue weighted by molar-refractivity contribution is -0.140. The number of nitrogens with zero attached hydrogens (tertiary/aromatic N) is 2. The van der Waals surface area contributed by atoms with Gasteiger partial charge in [-0.05, 0) is 30.8 Å². The molecule has 7 heteroatoms. The van der Waals surface area contributed by atoms with Crippen LogP contribution in [0.4, 0.5) is 17.6 Å². The maximum absolute atomic E-state index is 13.6. The molecule has 0 bridgehead atoms. The van der Waals surface area contributed by atoms with Crippen LogP contribution in [0, 0.1) is 5.82 Å². The molecule has 2 aromatic rings. The molecule has 0 saturated heterocycles. The van der Waals surface area contributed by atoms with E-state index < -0.39 is 23.6 Å². The zero-order valence-corrected chi connectivity index (χ0v) is 10.9. The normalized spacial score (nSPS) is 13.5. The summed E-state index contributed by atoms with van der Waals surface area (Å²) < 4.78 is 52.7. The summed E-state index contributed by atoms with van der Waals surface area (Å²) in [5, 5.41) is 7.08. The molecule has 3 nitrogen and oxygen atoms in total. The molecule has 108 valence electrons. The van der Waals surface area contributed by atoms with Crippen LogP contribution < -0.4 is 5.32 Å². The van der Waals surface area contributed by atoms with Gasteiger partial charge >= 0.3 is 6.18 Å². The standard InChI is InChI=1S/C13H13F4N3/c1-18-12(11-5-6-20(2)19-11)8-3-4-9(10(14)7-8)13(15,16)17/h3-7,12,18H,1-2H3. The molecule has 0 aliphatic heterocycles. The molecule has 0 amide bonds. The van der Waals surface area contributed by atoms with Crippen molar-refractivity contribution in [2.24, 2.45) is 7.05 Å². The number of hydrogen-bond acceptors (Lipinski definition) is 2. The Morgan fingerprint density at radius 1 is 1.25 bits per heavy atom. The zero-order valence-electron chi connectivity index (χ0n) is 10.9. The third kappa shape index (κ3) is 2.82. The average molecular weight is 287 g/mol. The van der Waals surface area contributed by atoms with E-state index in [-0.39, 0.29) is 0 Å². The van der Waals surface area contributed by atoms with Gasteiger partial charge in [-0.2, -0.15) is 18.3 Å². The van der Waals surface area contributed by atoms with Gasteiger partial charge < -0.3 is 5.32 Å². The predicted octanol–water partition coefficient (Wildman–Crippen LogP) is 2.89. The highest BCUT2D eigenvalue weighted by Gasteiger charge is 2.34. The van der Waals surface area contributed by atoms with Crippen molar-refractivity contribution < 1.29 is 17.6 Å². The van der Waals surface area contributed by atoms with Gasteiger partial charge in [-0.3, -0.25) is 4.68 Å². The minimum Gasteiger partial charge on any atom is -0.308 e. The topological polar surface area (TPSA) is 29.9 Å². The first-order valence-electron chi connectivity index (χ1n) is 5.86. The number of halogens is 4. The van der Waals surface area contributed by atoms with Crippen LogP contribution in [-0.2, 0) is 13.2 Å². The fourth-order valence-electron chi connectivity index (χ4n) is 2.01. The first-order chi connectivity index (χ1) is 9.32. The first kappa shape index (κ1) is 14.5. The molecule has 0 spiro atoms. The van der Waals surface area contributed by atoms with Crippen LogP contribution in [0.3, 0.4) is 0 Å². The molecular weight excluding hydrogens is 274 g/mol. The SMILES string of the molecule is CNC(c1ccc(C(F)(F)F)c(F)c1)c1ccn(C)n1. The van der Waals surface area contributed by atoms with Gasteiger partial charge in [0.05, 0.1) is 17.3 Å². The average Bonchev–Trinajstić information content (AvgIpc) is 2.75. The Hall–Kier alpha value is -1.89. The molecule has 1 aromatic carbocycles. The van der Waals surface area contributed by atoms with Crippen molar-refractivity contribution in [2.75, 3.05) is 7.05 Å². The van der Waals surface area contributed by atoms with Gasteiger partial charge in [0, 0.05) is 13.2 Å². The smallest absolute Gasteiger partial charge is 0.308 e. The van der Waals surface area contributed by atoms with Gasteiger partial charge in [-0.25, -0.2) is 4.39 Å². The summed E-state index contributed by atoms with van der Waals surface area (Å²) in [4.78, 5) is 0. The molecule has 1 N–H and O–H groups in total. The summed E-state index contributed by atoms with van der Waals surface area (Å²) in [6.07, 6.45) is -2.98. The third-order valence-electron chi connectivity index (χ3n) is 2.95. The molecule has 1 heterocycles. The highest BCUT2D eigenvalue weighted by molar-refractivity contribution is 5.32. The van der Waals surface area contributed by atoms with Crippen molar-refractivity contribution in [3.8, 4) is 0 Å². The maximum Gasteiger partial charge on any atom is 0.419 e. The molecule has 0 aliphatic rings. The lowest BCUT2D eigenvalue weighted by atomic mass is 10.0. The number of benzene rings is 1.